The minimum atomic E-state index is -0.543. The third-order valence-corrected chi connectivity index (χ3v) is 3.44. The van der Waals surface area contributed by atoms with Crippen LogP contribution in [0.25, 0.3) is 0 Å². The maximum atomic E-state index is 9.32. The summed E-state index contributed by atoms with van der Waals surface area (Å²) in [6, 6.07) is 14.1. The lowest BCUT2D eigenvalue weighted by Gasteiger charge is -2.15. The van der Waals surface area contributed by atoms with E-state index in [9.17, 15) is 5.26 Å². The molecule has 0 heterocycles. The molecule has 2 rings (SSSR count). The van der Waals surface area contributed by atoms with Gasteiger partial charge in [0.1, 0.15) is 11.8 Å². The minimum Gasteiger partial charge on any atom is -0.495 e. The molecule has 1 N–H and O–H groups in total. The fourth-order valence-electron chi connectivity index (χ4n) is 1.79. The average Bonchev–Trinajstić information content (AvgIpc) is 2.46. The lowest BCUT2D eigenvalue weighted by molar-refractivity contribution is 0.415. The van der Waals surface area contributed by atoms with E-state index in [2.05, 4.69) is 11.4 Å². The van der Waals surface area contributed by atoms with Crippen LogP contribution in [0.4, 0.5) is 5.69 Å². The van der Waals surface area contributed by atoms with Gasteiger partial charge >= 0.3 is 0 Å². The zero-order chi connectivity index (χ0) is 14.5. The standard InChI is InChI=1S/C15H12Cl2N2O/c1-20-15-7-6-10(8-12(15)17)14(9-18)19-13-5-3-2-4-11(13)16/h2-8,14,19H,1H3. The van der Waals surface area contributed by atoms with Crippen LogP contribution in [0.15, 0.2) is 42.5 Å². The van der Waals surface area contributed by atoms with Gasteiger partial charge in [0.2, 0.25) is 0 Å². The molecule has 2 aromatic rings. The number of hydrogen-bond donors (Lipinski definition) is 1. The Morgan fingerprint density at radius 2 is 1.90 bits per heavy atom. The topological polar surface area (TPSA) is 45.0 Å². The van der Waals surface area contributed by atoms with Crippen LogP contribution in [0.2, 0.25) is 10.0 Å². The summed E-state index contributed by atoms with van der Waals surface area (Å²) in [5, 5.41) is 13.4. The number of methoxy groups -OCH3 is 1. The Morgan fingerprint density at radius 3 is 2.50 bits per heavy atom. The highest BCUT2D eigenvalue weighted by Crippen LogP contribution is 2.30. The van der Waals surface area contributed by atoms with E-state index in [-0.39, 0.29) is 0 Å². The van der Waals surface area contributed by atoms with Crippen molar-refractivity contribution in [2.75, 3.05) is 12.4 Å². The molecule has 2 aromatic carbocycles. The van der Waals surface area contributed by atoms with Gasteiger partial charge in [0.15, 0.2) is 0 Å². The number of nitrogens with zero attached hydrogens (tertiary/aromatic N) is 1. The normalized spacial score (nSPS) is 11.5. The first-order chi connectivity index (χ1) is 9.65. The van der Waals surface area contributed by atoms with Crippen molar-refractivity contribution < 1.29 is 4.74 Å². The first-order valence-corrected chi connectivity index (χ1v) is 6.65. The molecule has 0 bridgehead atoms. The number of benzene rings is 2. The average molecular weight is 307 g/mol. The summed E-state index contributed by atoms with van der Waals surface area (Å²) in [5.41, 5.74) is 1.45. The maximum Gasteiger partial charge on any atom is 0.140 e. The molecule has 0 spiro atoms. The van der Waals surface area contributed by atoms with Gasteiger partial charge < -0.3 is 10.1 Å². The summed E-state index contributed by atoms with van der Waals surface area (Å²) >= 11 is 12.2. The molecule has 0 aliphatic rings. The zero-order valence-corrected chi connectivity index (χ0v) is 12.2. The fourth-order valence-corrected chi connectivity index (χ4v) is 2.24. The van der Waals surface area contributed by atoms with E-state index in [0.29, 0.717) is 21.5 Å². The van der Waals surface area contributed by atoms with Crippen LogP contribution in [0, 0.1) is 11.3 Å². The van der Waals surface area contributed by atoms with Crippen molar-refractivity contribution in [2.24, 2.45) is 0 Å². The molecular weight excluding hydrogens is 295 g/mol. The summed E-state index contributed by atoms with van der Waals surface area (Å²) in [6.45, 7) is 0. The Bertz CT molecular complexity index is 653. The number of rotatable bonds is 4. The van der Waals surface area contributed by atoms with Gasteiger partial charge in [-0.25, -0.2) is 0 Å². The Morgan fingerprint density at radius 1 is 1.15 bits per heavy atom. The second kappa shape index (κ2) is 6.51. The molecule has 0 aliphatic carbocycles. The number of nitrogens with one attached hydrogen (secondary N) is 1. The Hall–Kier alpha value is -1.89. The van der Waals surface area contributed by atoms with E-state index in [1.165, 1.54) is 0 Å². The monoisotopic (exact) mass is 306 g/mol. The van der Waals surface area contributed by atoms with Gasteiger partial charge in [-0.15, -0.1) is 0 Å². The van der Waals surface area contributed by atoms with Crippen LogP contribution in [-0.4, -0.2) is 7.11 Å². The van der Waals surface area contributed by atoms with Crippen molar-refractivity contribution in [2.45, 2.75) is 6.04 Å². The quantitative estimate of drug-likeness (QED) is 0.892. The highest BCUT2D eigenvalue weighted by atomic mass is 35.5. The van der Waals surface area contributed by atoms with Crippen molar-refractivity contribution >= 4 is 28.9 Å². The van der Waals surface area contributed by atoms with Gasteiger partial charge in [-0.1, -0.05) is 41.4 Å². The number of nitriles is 1. The van der Waals surface area contributed by atoms with Crippen LogP contribution >= 0.6 is 23.2 Å². The molecule has 0 saturated carbocycles. The van der Waals surface area contributed by atoms with Crippen molar-refractivity contribution in [3.05, 3.63) is 58.1 Å². The largest absolute Gasteiger partial charge is 0.495 e. The number of ether oxygens (including phenoxy) is 1. The van der Waals surface area contributed by atoms with Gasteiger partial charge in [0.25, 0.3) is 0 Å². The first-order valence-electron chi connectivity index (χ1n) is 5.90. The second-order valence-electron chi connectivity index (χ2n) is 4.08. The van der Waals surface area contributed by atoms with Crippen LogP contribution in [0.5, 0.6) is 5.75 Å². The molecule has 0 aliphatic heterocycles. The molecule has 0 fully saturated rings. The van der Waals surface area contributed by atoms with E-state index in [4.69, 9.17) is 27.9 Å². The van der Waals surface area contributed by atoms with Crippen molar-refractivity contribution in [1.82, 2.24) is 0 Å². The van der Waals surface area contributed by atoms with E-state index < -0.39 is 6.04 Å². The van der Waals surface area contributed by atoms with Crippen molar-refractivity contribution in [3.63, 3.8) is 0 Å². The van der Waals surface area contributed by atoms with Crippen LogP contribution < -0.4 is 10.1 Å². The molecule has 1 unspecified atom stereocenters. The van der Waals surface area contributed by atoms with Gasteiger partial charge in [-0.3, -0.25) is 0 Å². The predicted molar refractivity (Wildman–Crippen MR) is 81.4 cm³/mol. The summed E-state index contributed by atoms with van der Waals surface area (Å²) in [5.74, 6) is 0.574. The fraction of sp³-hybridized carbons (Fsp3) is 0.133. The molecule has 3 nitrogen and oxygen atoms in total. The highest BCUT2D eigenvalue weighted by molar-refractivity contribution is 6.33. The molecule has 20 heavy (non-hydrogen) atoms. The first kappa shape index (κ1) is 14.5. The lowest BCUT2D eigenvalue weighted by Crippen LogP contribution is -2.08. The number of para-hydroxylation sites is 1. The molecule has 1 atom stereocenters. The molecule has 5 heteroatoms. The Labute approximate surface area is 127 Å². The van der Waals surface area contributed by atoms with E-state index in [1.807, 2.05) is 18.2 Å². The molecular formula is C15H12Cl2N2O. The number of halogens is 2. The summed E-state index contributed by atoms with van der Waals surface area (Å²) < 4.78 is 5.09. The van der Waals surface area contributed by atoms with Crippen LogP contribution in [0.3, 0.4) is 0 Å². The van der Waals surface area contributed by atoms with Crippen LogP contribution in [0.1, 0.15) is 11.6 Å². The van der Waals surface area contributed by atoms with Crippen molar-refractivity contribution in [1.29, 1.82) is 5.26 Å². The third kappa shape index (κ3) is 3.16. The zero-order valence-electron chi connectivity index (χ0n) is 10.7. The lowest BCUT2D eigenvalue weighted by atomic mass is 10.1. The van der Waals surface area contributed by atoms with Crippen LogP contribution in [-0.2, 0) is 0 Å². The molecule has 0 saturated heterocycles. The molecule has 102 valence electrons. The smallest absolute Gasteiger partial charge is 0.140 e. The second-order valence-corrected chi connectivity index (χ2v) is 4.89. The highest BCUT2D eigenvalue weighted by Gasteiger charge is 2.13. The van der Waals surface area contributed by atoms with E-state index in [0.717, 1.165) is 5.56 Å². The summed E-state index contributed by atoms with van der Waals surface area (Å²) in [7, 11) is 1.55. The summed E-state index contributed by atoms with van der Waals surface area (Å²) in [6.07, 6.45) is 0. The predicted octanol–water partition coefficient (Wildman–Crippen LogP) is 4.68. The number of anilines is 1. The Balaban J connectivity index is 2.27. The SMILES string of the molecule is COc1ccc(C(C#N)Nc2ccccc2Cl)cc1Cl. The number of hydrogen-bond acceptors (Lipinski definition) is 3. The summed E-state index contributed by atoms with van der Waals surface area (Å²) in [4.78, 5) is 0. The van der Waals surface area contributed by atoms with Gasteiger partial charge in [-0.05, 0) is 29.8 Å². The van der Waals surface area contributed by atoms with Gasteiger partial charge in [-0.2, -0.15) is 5.26 Å². The molecule has 0 amide bonds. The van der Waals surface area contributed by atoms with E-state index in [1.54, 1.807) is 31.4 Å². The maximum absolute atomic E-state index is 9.32. The molecule has 0 radical (unpaired) electrons. The molecule has 0 aromatic heterocycles. The Kier molecular flexibility index (Phi) is 4.73. The van der Waals surface area contributed by atoms with Crippen molar-refractivity contribution in [3.8, 4) is 11.8 Å². The van der Waals surface area contributed by atoms with Gasteiger partial charge in [0.05, 0.1) is 28.9 Å². The van der Waals surface area contributed by atoms with E-state index >= 15 is 0 Å². The third-order valence-electron chi connectivity index (χ3n) is 2.81. The minimum absolute atomic E-state index is 0.464. The van der Waals surface area contributed by atoms with Gasteiger partial charge in [0, 0.05) is 0 Å².